The molecule has 0 saturated carbocycles. The van der Waals surface area contributed by atoms with E-state index < -0.39 is 11.3 Å². The number of aromatic nitrogens is 1. The molecule has 2 atom stereocenters. The number of nitrogens with one attached hydrogen (secondary N) is 1. The normalized spacial score (nSPS) is 21.5. The molecule has 0 spiro atoms. The van der Waals surface area contributed by atoms with Crippen LogP contribution in [-0.2, 0) is 4.79 Å². The number of imide groups is 1. The molecule has 144 valence electrons. The quantitative estimate of drug-likeness (QED) is 0.641. The molecular formula is C22H16ClN3O2S. The monoisotopic (exact) mass is 421 g/mol. The van der Waals surface area contributed by atoms with E-state index in [0.29, 0.717) is 10.7 Å². The topological polar surface area (TPSA) is 62.3 Å². The largest absolute Gasteiger partial charge is 0.329 e. The van der Waals surface area contributed by atoms with Crippen molar-refractivity contribution in [2.45, 2.75) is 18.2 Å². The average Bonchev–Trinajstić information content (AvgIpc) is 3.05. The van der Waals surface area contributed by atoms with Gasteiger partial charge in [0.1, 0.15) is 5.25 Å². The number of urea groups is 1. The number of nitrogens with zero attached hydrogens (tertiary/aromatic N) is 2. The molecule has 2 aliphatic rings. The zero-order chi connectivity index (χ0) is 20.1. The van der Waals surface area contributed by atoms with Crippen LogP contribution in [-0.4, -0.2) is 28.2 Å². The molecule has 2 aliphatic heterocycles. The SMILES string of the molecule is CC1=C(c2ccccc2Cl)SC2C(=O)N(c3cncc4ccccc34)C(=O)NC12. The van der Waals surface area contributed by atoms with Gasteiger partial charge in [-0.2, -0.15) is 0 Å². The van der Waals surface area contributed by atoms with Crippen molar-refractivity contribution in [3.63, 3.8) is 0 Å². The van der Waals surface area contributed by atoms with Crippen LogP contribution in [0.15, 0.2) is 66.5 Å². The summed E-state index contributed by atoms with van der Waals surface area (Å²) >= 11 is 7.84. The van der Waals surface area contributed by atoms with E-state index in [-0.39, 0.29) is 11.9 Å². The molecule has 1 aromatic heterocycles. The summed E-state index contributed by atoms with van der Waals surface area (Å²) in [7, 11) is 0. The molecule has 0 bridgehead atoms. The number of amides is 3. The van der Waals surface area contributed by atoms with Crippen LogP contribution in [0.2, 0.25) is 5.02 Å². The lowest BCUT2D eigenvalue weighted by molar-refractivity contribution is -0.118. The van der Waals surface area contributed by atoms with Crippen LogP contribution in [0.5, 0.6) is 0 Å². The van der Waals surface area contributed by atoms with E-state index in [1.165, 1.54) is 16.7 Å². The number of pyridine rings is 1. The lowest BCUT2D eigenvalue weighted by Crippen LogP contribution is -2.61. The third kappa shape index (κ3) is 2.82. The van der Waals surface area contributed by atoms with E-state index in [1.807, 2.05) is 55.5 Å². The van der Waals surface area contributed by atoms with Crippen molar-refractivity contribution < 1.29 is 9.59 Å². The van der Waals surface area contributed by atoms with Crippen LogP contribution in [0, 0.1) is 0 Å². The van der Waals surface area contributed by atoms with Gasteiger partial charge >= 0.3 is 6.03 Å². The summed E-state index contributed by atoms with van der Waals surface area (Å²) in [4.78, 5) is 32.8. The summed E-state index contributed by atoms with van der Waals surface area (Å²) in [5, 5.41) is 4.87. The van der Waals surface area contributed by atoms with Crippen molar-refractivity contribution in [3.05, 3.63) is 77.1 Å². The Bertz CT molecular complexity index is 1200. The Morgan fingerprint density at radius 2 is 1.83 bits per heavy atom. The molecule has 2 unspecified atom stereocenters. The minimum Gasteiger partial charge on any atom is -0.329 e. The number of carbonyl (C=O) groups excluding carboxylic acids is 2. The molecule has 3 heterocycles. The maximum atomic E-state index is 13.4. The van der Waals surface area contributed by atoms with Gasteiger partial charge < -0.3 is 5.32 Å². The number of benzene rings is 2. The summed E-state index contributed by atoms with van der Waals surface area (Å²) in [5.41, 5.74) is 2.32. The number of carbonyl (C=O) groups is 2. The van der Waals surface area contributed by atoms with Gasteiger partial charge in [-0.1, -0.05) is 54.1 Å². The molecule has 1 N–H and O–H groups in total. The number of fused-ring (bicyclic) bond motifs is 2. The average molecular weight is 422 g/mol. The van der Waals surface area contributed by atoms with Crippen LogP contribution in [0.4, 0.5) is 10.5 Å². The van der Waals surface area contributed by atoms with Gasteiger partial charge in [0.05, 0.1) is 17.9 Å². The summed E-state index contributed by atoms with van der Waals surface area (Å²) < 4.78 is 0. The first-order chi connectivity index (χ1) is 14.1. The molecule has 3 amide bonds. The highest BCUT2D eigenvalue weighted by Gasteiger charge is 2.48. The fourth-order valence-corrected chi connectivity index (χ4v) is 5.66. The molecule has 5 nitrogen and oxygen atoms in total. The first-order valence-electron chi connectivity index (χ1n) is 9.16. The minimum atomic E-state index is -0.446. The van der Waals surface area contributed by atoms with Crippen molar-refractivity contribution in [2.24, 2.45) is 0 Å². The Kier molecular flexibility index (Phi) is 4.33. The first-order valence-corrected chi connectivity index (χ1v) is 10.4. The molecular weight excluding hydrogens is 406 g/mol. The number of thioether (sulfide) groups is 1. The van der Waals surface area contributed by atoms with E-state index in [4.69, 9.17) is 11.6 Å². The standard InChI is InChI=1S/C22H16ClN3O2S/c1-12-18-20(29-19(12)15-8-4-5-9-16(15)23)21(27)26(22(28)25-18)17-11-24-10-13-6-2-3-7-14(13)17/h2-11,18,20H,1H3,(H,25,28). The molecule has 5 rings (SSSR count). The van der Waals surface area contributed by atoms with Crippen molar-refractivity contribution in [1.29, 1.82) is 0 Å². The Labute approximate surface area is 176 Å². The third-order valence-electron chi connectivity index (χ3n) is 5.32. The predicted octanol–water partition coefficient (Wildman–Crippen LogP) is 4.86. The fraction of sp³-hybridized carbons (Fsp3) is 0.136. The summed E-state index contributed by atoms with van der Waals surface area (Å²) in [5.74, 6) is -0.247. The smallest absolute Gasteiger partial charge is 0.329 e. The van der Waals surface area contributed by atoms with Gasteiger partial charge in [0.15, 0.2) is 0 Å². The highest BCUT2D eigenvalue weighted by atomic mass is 35.5. The van der Waals surface area contributed by atoms with Gasteiger partial charge in [0, 0.05) is 32.5 Å². The zero-order valence-electron chi connectivity index (χ0n) is 15.4. The zero-order valence-corrected chi connectivity index (χ0v) is 17.0. The van der Waals surface area contributed by atoms with E-state index in [1.54, 1.807) is 12.4 Å². The Hall–Kier alpha value is -2.83. The second-order valence-electron chi connectivity index (χ2n) is 7.01. The lowest BCUT2D eigenvalue weighted by atomic mass is 9.99. The van der Waals surface area contributed by atoms with Gasteiger partial charge in [-0.25, -0.2) is 9.69 Å². The molecule has 1 fully saturated rings. The van der Waals surface area contributed by atoms with Crippen molar-refractivity contribution in [1.82, 2.24) is 10.3 Å². The van der Waals surface area contributed by atoms with Gasteiger partial charge in [-0.05, 0) is 18.6 Å². The van der Waals surface area contributed by atoms with Gasteiger partial charge in [-0.15, -0.1) is 11.8 Å². The Morgan fingerprint density at radius 1 is 1.07 bits per heavy atom. The fourth-order valence-electron chi connectivity index (χ4n) is 3.89. The second kappa shape index (κ2) is 6.90. The summed E-state index contributed by atoms with van der Waals surface area (Å²) in [6.07, 6.45) is 3.29. The van der Waals surface area contributed by atoms with Gasteiger partial charge in [-0.3, -0.25) is 9.78 Å². The Balaban J connectivity index is 1.55. The highest BCUT2D eigenvalue weighted by molar-refractivity contribution is 8.10. The lowest BCUT2D eigenvalue weighted by Gasteiger charge is -2.34. The molecule has 0 radical (unpaired) electrons. The molecule has 29 heavy (non-hydrogen) atoms. The maximum absolute atomic E-state index is 13.4. The minimum absolute atomic E-state index is 0.247. The molecule has 2 aromatic carbocycles. The highest BCUT2D eigenvalue weighted by Crippen LogP contribution is 2.48. The van der Waals surface area contributed by atoms with Crippen molar-refractivity contribution in [3.8, 4) is 0 Å². The second-order valence-corrected chi connectivity index (χ2v) is 8.57. The van der Waals surface area contributed by atoms with Gasteiger partial charge in [0.25, 0.3) is 5.91 Å². The number of halogens is 1. The summed E-state index contributed by atoms with van der Waals surface area (Å²) in [6.45, 7) is 1.94. The number of hydrogen-bond acceptors (Lipinski definition) is 4. The van der Waals surface area contributed by atoms with E-state index in [9.17, 15) is 9.59 Å². The van der Waals surface area contributed by atoms with E-state index >= 15 is 0 Å². The predicted molar refractivity (Wildman–Crippen MR) is 117 cm³/mol. The van der Waals surface area contributed by atoms with E-state index in [0.717, 1.165) is 26.8 Å². The number of anilines is 1. The third-order valence-corrected chi connectivity index (χ3v) is 7.16. The molecule has 1 saturated heterocycles. The molecule has 0 aliphatic carbocycles. The van der Waals surface area contributed by atoms with Crippen LogP contribution in [0.1, 0.15) is 12.5 Å². The van der Waals surface area contributed by atoms with E-state index in [2.05, 4.69) is 10.3 Å². The van der Waals surface area contributed by atoms with Crippen LogP contribution in [0.25, 0.3) is 15.7 Å². The molecule has 7 heteroatoms. The van der Waals surface area contributed by atoms with Crippen LogP contribution < -0.4 is 10.2 Å². The van der Waals surface area contributed by atoms with Crippen molar-refractivity contribution in [2.75, 3.05) is 4.90 Å². The van der Waals surface area contributed by atoms with Crippen molar-refractivity contribution >= 4 is 56.7 Å². The van der Waals surface area contributed by atoms with Crippen LogP contribution in [0.3, 0.4) is 0 Å². The van der Waals surface area contributed by atoms with Crippen LogP contribution >= 0.6 is 23.4 Å². The first kappa shape index (κ1) is 18.2. The molecule has 3 aromatic rings. The summed E-state index contributed by atoms with van der Waals surface area (Å²) in [6, 6.07) is 14.3. The van der Waals surface area contributed by atoms with Gasteiger partial charge in [0.2, 0.25) is 0 Å². The number of rotatable bonds is 2. The number of hydrogen-bond donors (Lipinski definition) is 1. The Morgan fingerprint density at radius 3 is 2.66 bits per heavy atom. The maximum Gasteiger partial charge on any atom is 0.329 e.